The van der Waals surface area contributed by atoms with Crippen LogP contribution in [0.3, 0.4) is 0 Å². The fourth-order valence-corrected chi connectivity index (χ4v) is 3.66. The molecule has 4 heteroatoms. The third kappa shape index (κ3) is 2.49. The summed E-state index contributed by atoms with van der Waals surface area (Å²) < 4.78 is 11.1. The monoisotopic (exact) mass is 297 g/mol. The summed E-state index contributed by atoms with van der Waals surface area (Å²) in [7, 11) is 3.29. The molecule has 0 spiro atoms. The first-order valence-corrected chi connectivity index (χ1v) is 7.56. The number of rotatable bonds is 4. The molecule has 1 aliphatic rings. The van der Waals surface area contributed by atoms with Crippen molar-refractivity contribution in [3.63, 3.8) is 0 Å². The van der Waals surface area contributed by atoms with Crippen LogP contribution in [0.25, 0.3) is 0 Å². The van der Waals surface area contributed by atoms with Crippen molar-refractivity contribution < 1.29 is 9.47 Å². The van der Waals surface area contributed by atoms with Crippen molar-refractivity contribution in [3.8, 4) is 11.5 Å². The van der Waals surface area contributed by atoms with Crippen LogP contribution in [0.15, 0.2) is 6.07 Å². The largest absolute Gasteiger partial charge is 0.493 e. The van der Waals surface area contributed by atoms with Crippen molar-refractivity contribution in [1.82, 2.24) is 0 Å². The Labute approximate surface area is 126 Å². The average molecular weight is 298 g/mol. The lowest BCUT2D eigenvalue weighted by Crippen LogP contribution is -2.34. The lowest BCUT2D eigenvalue weighted by Gasteiger charge is -2.30. The highest BCUT2D eigenvalue weighted by atomic mass is 35.5. The molecule has 112 valence electrons. The van der Waals surface area contributed by atoms with E-state index in [1.807, 2.05) is 6.07 Å². The van der Waals surface area contributed by atoms with Gasteiger partial charge in [-0.2, -0.15) is 0 Å². The number of halogens is 1. The molecule has 1 fully saturated rings. The standard InChI is InChI=1S/C16H24ClNO2/c1-10(2)11-9-12(19-3)15(20-4)13(14(11)17)16(18)7-5-6-8-16/h9-10H,5-8,18H2,1-4H3. The van der Waals surface area contributed by atoms with Gasteiger partial charge in [0.2, 0.25) is 0 Å². The van der Waals surface area contributed by atoms with E-state index in [2.05, 4.69) is 13.8 Å². The van der Waals surface area contributed by atoms with Gasteiger partial charge in [0.25, 0.3) is 0 Å². The van der Waals surface area contributed by atoms with Crippen molar-refractivity contribution in [1.29, 1.82) is 0 Å². The first-order valence-electron chi connectivity index (χ1n) is 7.18. The van der Waals surface area contributed by atoms with Crippen LogP contribution in [0.1, 0.15) is 56.6 Å². The van der Waals surface area contributed by atoms with Crippen LogP contribution in [-0.2, 0) is 5.54 Å². The molecule has 1 aromatic rings. The molecular formula is C16H24ClNO2. The molecule has 0 radical (unpaired) electrons. The van der Waals surface area contributed by atoms with E-state index < -0.39 is 5.54 Å². The molecule has 3 nitrogen and oxygen atoms in total. The van der Waals surface area contributed by atoms with E-state index in [9.17, 15) is 0 Å². The van der Waals surface area contributed by atoms with Gasteiger partial charge < -0.3 is 15.2 Å². The zero-order chi connectivity index (χ0) is 14.9. The maximum atomic E-state index is 6.67. The normalized spacial score (nSPS) is 17.6. The van der Waals surface area contributed by atoms with Crippen LogP contribution < -0.4 is 15.2 Å². The second-order valence-electron chi connectivity index (χ2n) is 5.91. The Morgan fingerprint density at radius 3 is 2.25 bits per heavy atom. The Hall–Kier alpha value is -0.930. The minimum absolute atomic E-state index is 0.311. The fraction of sp³-hybridized carbons (Fsp3) is 0.625. The Bertz CT molecular complexity index is 494. The van der Waals surface area contributed by atoms with E-state index in [0.29, 0.717) is 17.4 Å². The summed E-state index contributed by atoms with van der Waals surface area (Å²) in [5.41, 5.74) is 8.21. The summed E-state index contributed by atoms with van der Waals surface area (Å²) in [4.78, 5) is 0. The molecular weight excluding hydrogens is 274 g/mol. The highest BCUT2D eigenvalue weighted by Gasteiger charge is 2.38. The summed E-state index contributed by atoms with van der Waals surface area (Å²) in [6, 6.07) is 1.97. The van der Waals surface area contributed by atoms with Gasteiger partial charge in [0, 0.05) is 11.1 Å². The molecule has 1 aliphatic carbocycles. The van der Waals surface area contributed by atoms with Crippen LogP contribution >= 0.6 is 11.6 Å². The molecule has 0 atom stereocenters. The minimum atomic E-state index is -0.402. The SMILES string of the molecule is COc1cc(C(C)C)c(Cl)c(C2(N)CCCC2)c1OC. The molecule has 2 N–H and O–H groups in total. The van der Waals surface area contributed by atoms with Crippen LogP contribution in [0.5, 0.6) is 11.5 Å². The van der Waals surface area contributed by atoms with Crippen molar-refractivity contribution in [3.05, 3.63) is 22.2 Å². The van der Waals surface area contributed by atoms with E-state index in [1.165, 1.54) is 0 Å². The Balaban J connectivity index is 2.71. The summed E-state index contributed by atoms with van der Waals surface area (Å²) in [5, 5.41) is 0.738. The van der Waals surface area contributed by atoms with Gasteiger partial charge in [-0.25, -0.2) is 0 Å². The predicted octanol–water partition coefficient (Wildman–Crippen LogP) is 4.21. The molecule has 0 bridgehead atoms. The zero-order valence-corrected chi connectivity index (χ0v) is 13.5. The summed E-state index contributed by atoms with van der Waals surface area (Å²) in [6.45, 7) is 4.24. The molecule has 2 rings (SSSR count). The van der Waals surface area contributed by atoms with E-state index in [1.54, 1.807) is 14.2 Å². The van der Waals surface area contributed by atoms with Gasteiger partial charge in [0.05, 0.1) is 19.2 Å². The van der Waals surface area contributed by atoms with Gasteiger partial charge in [-0.1, -0.05) is 38.3 Å². The van der Waals surface area contributed by atoms with Crippen LogP contribution in [0.2, 0.25) is 5.02 Å². The van der Waals surface area contributed by atoms with E-state index in [-0.39, 0.29) is 0 Å². The first-order chi connectivity index (χ1) is 9.44. The molecule has 0 aromatic heterocycles. The molecule has 1 saturated carbocycles. The van der Waals surface area contributed by atoms with Gasteiger partial charge in [0.1, 0.15) is 0 Å². The number of hydrogen-bond acceptors (Lipinski definition) is 3. The van der Waals surface area contributed by atoms with Crippen molar-refractivity contribution in [2.75, 3.05) is 14.2 Å². The number of benzene rings is 1. The van der Waals surface area contributed by atoms with Crippen LogP contribution in [0.4, 0.5) is 0 Å². The van der Waals surface area contributed by atoms with Crippen molar-refractivity contribution in [2.24, 2.45) is 5.73 Å². The van der Waals surface area contributed by atoms with Gasteiger partial charge in [0.15, 0.2) is 11.5 Å². The molecule has 20 heavy (non-hydrogen) atoms. The van der Waals surface area contributed by atoms with Crippen molar-refractivity contribution >= 4 is 11.6 Å². The van der Waals surface area contributed by atoms with Gasteiger partial charge in [-0.3, -0.25) is 0 Å². The maximum Gasteiger partial charge on any atom is 0.167 e. The Morgan fingerprint density at radius 2 is 1.80 bits per heavy atom. The number of hydrogen-bond donors (Lipinski definition) is 1. The number of nitrogens with two attached hydrogens (primary N) is 1. The number of ether oxygens (including phenoxy) is 2. The van der Waals surface area contributed by atoms with Gasteiger partial charge in [-0.05, 0) is 30.4 Å². The third-order valence-electron chi connectivity index (χ3n) is 4.25. The molecule has 0 saturated heterocycles. The fourth-order valence-electron chi connectivity index (χ4n) is 3.11. The maximum absolute atomic E-state index is 6.67. The summed E-state index contributed by atoms with van der Waals surface area (Å²) in [6.07, 6.45) is 4.13. The lowest BCUT2D eigenvalue weighted by atomic mass is 9.85. The predicted molar refractivity (Wildman–Crippen MR) is 83.0 cm³/mol. The van der Waals surface area contributed by atoms with Crippen molar-refractivity contribution in [2.45, 2.75) is 51.0 Å². The van der Waals surface area contributed by atoms with E-state index in [4.69, 9.17) is 26.8 Å². The Kier molecular flexibility index (Phi) is 4.50. The highest BCUT2D eigenvalue weighted by Crippen LogP contribution is 2.50. The molecule has 0 aliphatic heterocycles. The average Bonchev–Trinajstić information content (AvgIpc) is 2.85. The second-order valence-corrected chi connectivity index (χ2v) is 6.29. The van der Waals surface area contributed by atoms with Gasteiger partial charge in [-0.15, -0.1) is 0 Å². The highest BCUT2D eigenvalue weighted by molar-refractivity contribution is 6.32. The lowest BCUT2D eigenvalue weighted by molar-refractivity contribution is 0.336. The molecule has 0 unspecified atom stereocenters. The summed E-state index contributed by atoms with van der Waals surface area (Å²) in [5.74, 6) is 1.71. The van der Waals surface area contributed by atoms with Gasteiger partial charge >= 0.3 is 0 Å². The van der Waals surface area contributed by atoms with E-state index in [0.717, 1.165) is 41.8 Å². The molecule has 1 aromatic carbocycles. The van der Waals surface area contributed by atoms with Crippen LogP contribution in [0, 0.1) is 0 Å². The zero-order valence-electron chi connectivity index (χ0n) is 12.8. The topological polar surface area (TPSA) is 44.5 Å². The smallest absolute Gasteiger partial charge is 0.167 e. The van der Waals surface area contributed by atoms with E-state index >= 15 is 0 Å². The molecule has 0 amide bonds. The molecule has 0 heterocycles. The summed E-state index contributed by atoms with van der Waals surface area (Å²) >= 11 is 6.67. The van der Waals surface area contributed by atoms with Crippen LogP contribution in [-0.4, -0.2) is 14.2 Å². The Morgan fingerprint density at radius 1 is 1.20 bits per heavy atom. The number of methoxy groups -OCH3 is 2. The quantitative estimate of drug-likeness (QED) is 0.905. The third-order valence-corrected chi connectivity index (χ3v) is 4.66. The second kappa shape index (κ2) is 5.82. The first kappa shape index (κ1) is 15.5. The minimum Gasteiger partial charge on any atom is -0.493 e.